The van der Waals surface area contributed by atoms with Crippen molar-refractivity contribution < 1.29 is 38.1 Å². The van der Waals surface area contributed by atoms with E-state index in [1.807, 2.05) is 36.4 Å². The van der Waals surface area contributed by atoms with Crippen LogP contribution in [0.4, 0.5) is 22.9 Å². The average Bonchev–Trinajstić information content (AvgIpc) is 3.41. The van der Waals surface area contributed by atoms with Crippen LogP contribution in [0.15, 0.2) is 128 Å². The van der Waals surface area contributed by atoms with Crippen molar-refractivity contribution in [3.05, 3.63) is 178 Å². The highest BCUT2D eigenvalue weighted by Crippen LogP contribution is 2.48. The van der Waals surface area contributed by atoms with E-state index in [1.165, 1.54) is 28.6 Å². The molecule has 1 heterocycles. The van der Waals surface area contributed by atoms with Gasteiger partial charge in [0.15, 0.2) is 11.5 Å². The van der Waals surface area contributed by atoms with Crippen molar-refractivity contribution in [2.75, 3.05) is 42.4 Å². The van der Waals surface area contributed by atoms with Crippen molar-refractivity contribution >= 4 is 57.5 Å². The van der Waals surface area contributed by atoms with E-state index in [4.69, 9.17) is 25.4 Å². The normalized spacial score (nSPS) is 15.4. The van der Waals surface area contributed by atoms with Crippen LogP contribution in [0.25, 0.3) is 10.9 Å². The van der Waals surface area contributed by atoms with Crippen molar-refractivity contribution in [1.82, 2.24) is 9.97 Å². The maximum Gasteiger partial charge on any atom is 0.338 e. The lowest BCUT2D eigenvalue weighted by atomic mass is 9.63. The van der Waals surface area contributed by atoms with Crippen molar-refractivity contribution in [2.24, 2.45) is 0 Å². The van der Waals surface area contributed by atoms with Crippen LogP contribution >= 0.6 is 0 Å². The average molecular weight is 1030 g/mol. The zero-order valence-corrected chi connectivity index (χ0v) is 45.0. The molecule has 0 saturated heterocycles. The number of rotatable bonds is 16. The van der Waals surface area contributed by atoms with Crippen LogP contribution in [0.1, 0.15) is 150 Å². The van der Waals surface area contributed by atoms with Gasteiger partial charge >= 0.3 is 11.9 Å². The molecule has 2 aliphatic carbocycles. The SMILES string of the molecule is C#Cc1cccc(Nc2ncnc3cc(OCCOC(=O)c4ccc(C(=O)Nc5ccc6c(c5)C(C)(C)CCC6(C)C)cc4)c(OCCOC(=O)c4ccc(C(=O)Nc5ccc6c(c5)C(C)(C)CCC6(C)C)cc4)cc23)c1. The van der Waals surface area contributed by atoms with Crippen molar-refractivity contribution in [1.29, 1.82) is 0 Å². The summed E-state index contributed by atoms with van der Waals surface area (Å²) in [6.45, 7) is 17.7. The van der Waals surface area contributed by atoms with Gasteiger partial charge in [0.2, 0.25) is 0 Å². The van der Waals surface area contributed by atoms with E-state index in [-0.39, 0.29) is 82.5 Å². The van der Waals surface area contributed by atoms with Gasteiger partial charge < -0.3 is 34.9 Å². The van der Waals surface area contributed by atoms with Crippen LogP contribution in [0.5, 0.6) is 11.5 Å². The second-order valence-electron chi connectivity index (χ2n) is 22.5. The quantitative estimate of drug-likeness (QED) is 0.0479. The molecule has 0 radical (unpaired) electrons. The molecule has 2 aliphatic rings. The van der Waals surface area contributed by atoms with Crippen molar-refractivity contribution in [3.63, 3.8) is 0 Å². The second kappa shape index (κ2) is 21.6. The van der Waals surface area contributed by atoms with Crippen LogP contribution in [-0.4, -0.2) is 60.1 Å². The predicted molar refractivity (Wildman–Crippen MR) is 301 cm³/mol. The third-order valence-corrected chi connectivity index (χ3v) is 15.1. The molecule has 0 spiro atoms. The minimum atomic E-state index is -0.595. The van der Waals surface area contributed by atoms with E-state index in [0.717, 1.165) is 37.1 Å². The predicted octanol–water partition coefficient (Wildman–Crippen LogP) is 13.0. The van der Waals surface area contributed by atoms with Crippen LogP contribution in [0, 0.1) is 12.3 Å². The standard InChI is InChI=1S/C64H65N5O8/c1-10-40-12-11-13-45(34-40)67-56-48-37-54(74-30-32-76-59(72)43-18-14-41(15-19-43)57(70)68-46-22-24-49-51(35-46)63(6,7)28-26-61(49,2)3)55(38-53(48)65-39-66-56)75-31-33-77-60(73)44-20-16-42(17-21-44)58(71)69-47-23-25-50-52(36-47)64(8,9)29-27-62(50,4)5/h1,11-25,34-39H,26-33H2,2-9H3,(H,68,70)(H,69,71)(H,65,66,67). The highest BCUT2D eigenvalue weighted by molar-refractivity contribution is 6.06. The number of carbonyl (C=O) groups excluding carboxylic acids is 4. The van der Waals surface area contributed by atoms with E-state index in [2.05, 4.69) is 111 Å². The van der Waals surface area contributed by atoms with Crippen LogP contribution in [-0.2, 0) is 31.1 Å². The number of carbonyl (C=O) groups is 4. The Kier molecular flexibility index (Phi) is 15.0. The highest BCUT2D eigenvalue weighted by atomic mass is 16.6. The molecular weight excluding hydrogens is 967 g/mol. The minimum Gasteiger partial charge on any atom is -0.486 e. The molecule has 9 rings (SSSR count). The van der Waals surface area contributed by atoms with Gasteiger partial charge in [-0.1, -0.05) is 79.5 Å². The fraction of sp³-hybridized carbons (Fsp3) is 0.312. The third kappa shape index (κ3) is 12.0. The number of hydrogen-bond donors (Lipinski definition) is 3. The lowest BCUT2D eigenvalue weighted by Crippen LogP contribution is -2.33. The summed E-state index contributed by atoms with van der Waals surface area (Å²) in [6, 6.07) is 35.6. The van der Waals surface area contributed by atoms with E-state index in [9.17, 15) is 19.2 Å². The summed E-state index contributed by atoms with van der Waals surface area (Å²) in [5.74, 6) is 1.93. The molecule has 0 bridgehead atoms. The summed E-state index contributed by atoms with van der Waals surface area (Å²) < 4.78 is 23.5. The summed E-state index contributed by atoms with van der Waals surface area (Å²) in [4.78, 5) is 62.0. The maximum atomic E-state index is 13.3. The van der Waals surface area contributed by atoms with E-state index in [0.29, 0.717) is 39.1 Å². The Morgan fingerprint density at radius 2 is 0.961 bits per heavy atom. The van der Waals surface area contributed by atoms with Gasteiger partial charge in [0.05, 0.1) is 16.6 Å². The number of esters is 2. The first kappa shape index (κ1) is 53.3. The van der Waals surface area contributed by atoms with E-state index in [1.54, 1.807) is 60.7 Å². The molecule has 6 aromatic carbocycles. The number of amides is 2. The van der Waals surface area contributed by atoms with E-state index >= 15 is 0 Å². The highest BCUT2D eigenvalue weighted by Gasteiger charge is 2.38. The van der Waals surface area contributed by atoms with Gasteiger partial charge in [0, 0.05) is 45.2 Å². The Balaban J connectivity index is 0.816. The van der Waals surface area contributed by atoms with Crippen LogP contribution < -0.4 is 25.4 Å². The number of nitrogens with zero attached hydrogens (tertiary/aromatic N) is 2. The fourth-order valence-electron chi connectivity index (χ4n) is 10.2. The Morgan fingerprint density at radius 1 is 0.506 bits per heavy atom. The number of terminal acetylenes is 1. The first-order valence-electron chi connectivity index (χ1n) is 26.0. The number of nitrogens with one attached hydrogen (secondary N) is 3. The molecule has 77 heavy (non-hydrogen) atoms. The Morgan fingerprint density at radius 3 is 1.44 bits per heavy atom. The van der Waals surface area contributed by atoms with Gasteiger partial charge in [0.25, 0.3) is 11.8 Å². The number of hydrogen-bond acceptors (Lipinski definition) is 11. The van der Waals surface area contributed by atoms with Crippen molar-refractivity contribution in [2.45, 2.75) is 103 Å². The maximum absolute atomic E-state index is 13.3. The molecule has 13 nitrogen and oxygen atoms in total. The Hall–Kier alpha value is -8.50. The topological polar surface area (TPSA) is 167 Å². The lowest BCUT2D eigenvalue weighted by Gasteiger charge is -2.42. The van der Waals surface area contributed by atoms with Crippen molar-refractivity contribution in [3.8, 4) is 23.8 Å². The number of aromatic nitrogens is 2. The summed E-state index contributed by atoms with van der Waals surface area (Å²) in [5.41, 5.74) is 9.91. The molecule has 2 amide bonds. The number of anilines is 4. The van der Waals surface area contributed by atoms with Gasteiger partial charge in [-0.2, -0.15) is 0 Å². The molecule has 0 fully saturated rings. The first-order chi connectivity index (χ1) is 36.7. The summed E-state index contributed by atoms with van der Waals surface area (Å²) in [7, 11) is 0. The molecule has 3 N–H and O–H groups in total. The Bertz CT molecular complexity index is 3450. The summed E-state index contributed by atoms with van der Waals surface area (Å²) in [6.07, 6.45) is 11.4. The molecule has 0 atom stereocenters. The smallest absolute Gasteiger partial charge is 0.338 e. The zero-order chi connectivity index (χ0) is 54.7. The van der Waals surface area contributed by atoms with Crippen LogP contribution in [0.2, 0.25) is 0 Å². The Labute approximate surface area is 450 Å². The largest absolute Gasteiger partial charge is 0.486 e. The molecule has 0 unspecified atom stereocenters. The molecule has 1 aromatic heterocycles. The van der Waals surface area contributed by atoms with Gasteiger partial charge in [-0.25, -0.2) is 19.6 Å². The molecule has 394 valence electrons. The lowest BCUT2D eigenvalue weighted by molar-refractivity contribution is 0.0426. The summed E-state index contributed by atoms with van der Waals surface area (Å²) in [5, 5.41) is 9.96. The molecular formula is C64H65N5O8. The third-order valence-electron chi connectivity index (χ3n) is 15.1. The number of benzene rings is 6. The first-order valence-corrected chi connectivity index (χ1v) is 26.0. The van der Waals surface area contributed by atoms with Gasteiger partial charge in [-0.3, -0.25) is 9.59 Å². The van der Waals surface area contributed by atoms with Gasteiger partial charge in [0.1, 0.15) is 38.6 Å². The molecule has 0 saturated carbocycles. The zero-order valence-electron chi connectivity index (χ0n) is 45.0. The molecule has 7 aromatic rings. The summed E-state index contributed by atoms with van der Waals surface area (Å²) >= 11 is 0. The minimum absolute atomic E-state index is 0.00317. The number of fused-ring (bicyclic) bond motifs is 3. The monoisotopic (exact) mass is 1030 g/mol. The number of ether oxygens (including phenoxy) is 4. The van der Waals surface area contributed by atoms with Gasteiger partial charge in [-0.15, -0.1) is 6.42 Å². The van der Waals surface area contributed by atoms with E-state index < -0.39 is 11.9 Å². The molecule has 13 heteroatoms. The van der Waals surface area contributed by atoms with Gasteiger partial charge in [-0.05, 0) is 167 Å². The van der Waals surface area contributed by atoms with Crippen LogP contribution in [0.3, 0.4) is 0 Å². The fourth-order valence-corrected chi connectivity index (χ4v) is 10.2. The molecule has 0 aliphatic heterocycles. The second-order valence-corrected chi connectivity index (χ2v) is 22.5.